The first-order valence-electron chi connectivity index (χ1n) is 10.1. The summed E-state index contributed by atoms with van der Waals surface area (Å²) in [5, 5.41) is 1.78. The van der Waals surface area contributed by atoms with Gasteiger partial charge in [-0.15, -0.1) is 5.06 Å². The van der Waals surface area contributed by atoms with Gasteiger partial charge >= 0.3 is 5.97 Å². The number of ether oxygens (including phenoxy) is 1. The third-order valence-corrected chi connectivity index (χ3v) is 5.57. The molecule has 6 nitrogen and oxygen atoms in total. The molecule has 0 radical (unpaired) electrons. The van der Waals surface area contributed by atoms with Gasteiger partial charge in [-0.05, 0) is 49.9 Å². The lowest BCUT2D eigenvalue weighted by molar-refractivity contribution is -0.212. The Bertz CT molecular complexity index is 755. The molecule has 1 aliphatic carbocycles. The third kappa shape index (κ3) is 4.28. The molecule has 0 unspecified atom stereocenters. The van der Waals surface area contributed by atoms with Gasteiger partial charge in [-0.3, -0.25) is 4.98 Å². The van der Waals surface area contributed by atoms with Crippen molar-refractivity contribution in [1.82, 2.24) is 10.0 Å². The van der Waals surface area contributed by atoms with E-state index in [0.29, 0.717) is 25.9 Å². The maximum absolute atomic E-state index is 13.1. The molecule has 4 rings (SSSR count). The highest BCUT2D eigenvalue weighted by atomic mass is 16.7. The summed E-state index contributed by atoms with van der Waals surface area (Å²) < 4.78 is 6.22. The van der Waals surface area contributed by atoms with Gasteiger partial charge in [-0.1, -0.05) is 24.6 Å². The van der Waals surface area contributed by atoms with Crippen molar-refractivity contribution in [3.8, 4) is 5.75 Å². The fourth-order valence-electron chi connectivity index (χ4n) is 3.98. The number of aromatic nitrogens is 1. The highest BCUT2D eigenvalue weighted by Crippen LogP contribution is 2.34. The predicted octanol–water partition coefficient (Wildman–Crippen LogP) is 3.44. The van der Waals surface area contributed by atoms with Gasteiger partial charge in [0.1, 0.15) is 5.75 Å². The average Bonchev–Trinajstić information content (AvgIpc) is 2.76. The molecule has 0 atom stereocenters. The van der Waals surface area contributed by atoms with Crippen molar-refractivity contribution >= 4 is 11.7 Å². The fraction of sp³-hybridized carbons (Fsp3) is 0.455. The van der Waals surface area contributed by atoms with Gasteiger partial charge in [0.15, 0.2) is 0 Å². The average molecular weight is 381 g/mol. The first kappa shape index (κ1) is 18.7. The number of hydroxylamine groups is 2. The van der Waals surface area contributed by atoms with E-state index in [-0.39, 0.29) is 5.97 Å². The molecule has 1 saturated carbocycles. The maximum Gasteiger partial charge on any atom is 0.369 e. The molecule has 0 amide bonds. The normalized spacial score (nSPS) is 19.8. The van der Waals surface area contributed by atoms with E-state index in [9.17, 15) is 4.79 Å². The number of carbonyl (C=O) groups is 1. The molecule has 1 aromatic carbocycles. The summed E-state index contributed by atoms with van der Waals surface area (Å²) in [7, 11) is 0. The first-order chi connectivity index (χ1) is 13.8. The number of pyridine rings is 1. The van der Waals surface area contributed by atoms with Crippen LogP contribution in [0.5, 0.6) is 5.75 Å². The van der Waals surface area contributed by atoms with E-state index in [2.05, 4.69) is 9.88 Å². The van der Waals surface area contributed by atoms with Crippen LogP contribution in [0, 0.1) is 0 Å². The quantitative estimate of drug-likeness (QED) is 0.791. The Morgan fingerprint density at radius 2 is 1.57 bits per heavy atom. The number of hydrogen-bond acceptors (Lipinski definition) is 6. The lowest BCUT2D eigenvalue weighted by Crippen LogP contribution is -2.53. The minimum Gasteiger partial charge on any atom is -0.475 e. The predicted molar refractivity (Wildman–Crippen MR) is 107 cm³/mol. The van der Waals surface area contributed by atoms with Crippen LogP contribution in [0.25, 0.3) is 0 Å². The molecule has 1 aromatic heterocycles. The Labute approximate surface area is 166 Å². The largest absolute Gasteiger partial charge is 0.475 e. The molecule has 2 aliphatic rings. The molecule has 2 heterocycles. The van der Waals surface area contributed by atoms with Crippen LogP contribution in [-0.2, 0) is 9.63 Å². The topological polar surface area (TPSA) is 54.9 Å². The molecule has 1 aliphatic heterocycles. The molecule has 6 heteroatoms. The van der Waals surface area contributed by atoms with E-state index >= 15 is 0 Å². The van der Waals surface area contributed by atoms with Gasteiger partial charge in [0.2, 0.25) is 5.60 Å². The number of para-hydroxylation sites is 1. The van der Waals surface area contributed by atoms with Gasteiger partial charge in [0, 0.05) is 31.2 Å². The molecule has 2 aromatic rings. The fourth-order valence-corrected chi connectivity index (χ4v) is 3.98. The SMILES string of the molecule is O=C(ON1CCN(c2ccncc2)CC1)C1(Oc2ccccc2)CCCCC1. The van der Waals surface area contributed by atoms with E-state index in [1.165, 1.54) is 0 Å². The van der Waals surface area contributed by atoms with Gasteiger partial charge < -0.3 is 14.5 Å². The van der Waals surface area contributed by atoms with Crippen molar-refractivity contribution in [2.45, 2.75) is 37.7 Å². The lowest BCUT2D eigenvalue weighted by Gasteiger charge is -2.39. The summed E-state index contributed by atoms with van der Waals surface area (Å²) in [5.41, 5.74) is 0.277. The maximum atomic E-state index is 13.1. The Kier molecular flexibility index (Phi) is 5.76. The number of piperazine rings is 1. The van der Waals surface area contributed by atoms with E-state index in [1.54, 1.807) is 17.5 Å². The third-order valence-electron chi connectivity index (χ3n) is 5.57. The lowest BCUT2D eigenvalue weighted by atomic mass is 9.84. The van der Waals surface area contributed by atoms with Crippen LogP contribution < -0.4 is 9.64 Å². The number of benzene rings is 1. The van der Waals surface area contributed by atoms with Crippen molar-refractivity contribution < 1.29 is 14.4 Å². The molecule has 0 N–H and O–H groups in total. The summed E-state index contributed by atoms with van der Waals surface area (Å²) in [6, 6.07) is 13.6. The summed E-state index contributed by atoms with van der Waals surface area (Å²) in [5.74, 6) is 0.470. The zero-order chi connectivity index (χ0) is 19.2. The number of hydrogen-bond donors (Lipinski definition) is 0. The van der Waals surface area contributed by atoms with Crippen molar-refractivity contribution in [2.75, 3.05) is 31.1 Å². The van der Waals surface area contributed by atoms with E-state index in [0.717, 1.165) is 43.8 Å². The van der Waals surface area contributed by atoms with Gasteiger partial charge in [-0.2, -0.15) is 0 Å². The molecule has 1 saturated heterocycles. The van der Waals surface area contributed by atoms with Gasteiger partial charge in [-0.25, -0.2) is 4.79 Å². The second-order valence-electron chi connectivity index (χ2n) is 7.47. The van der Waals surface area contributed by atoms with Crippen LogP contribution in [0.4, 0.5) is 5.69 Å². The Balaban J connectivity index is 1.38. The van der Waals surface area contributed by atoms with E-state index < -0.39 is 5.60 Å². The smallest absolute Gasteiger partial charge is 0.369 e. The number of nitrogens with zero attached hydrogens (tertiary/aromatic N) is 3. The van der Waals surface area contributed by atoms with Crippen molar-refractivity contribution in [1.29, 1.82) is 0 Å². The molecule has 2 fully saturated rings. The molecular formula is C22H27N3O3. The number of rotatable bonds is 5. The van der Waals surface area contributed by atoms with Gasteiger partial charge in [0.25, 0.3) is 0 Å². The standard InChI is InChI=1S/C22H27N3O3/c26-21(22(11-5-2-6-12-22)27-20-7-3-1-4-8-20)28-25-17-15-24(16-18-25)19-9-13-23-14-10-19/h1,3-4,7-10,13-14H,2,5-6,11-12,15-18H2. The Morgan fingerprint density at radius 1 is 0.893 bits per heavy atom. The minimum absolute atomic E-state index is 0.256. The highest BCUT2D eigenvalue weighted by Gasteiger charge is 2.45. The monoisotopic (exact) mass is 381 g/mol. The summed E-state index contributed by atoms with van der Waals surface area (Å²) in [6.45, 7) is 2.97. The van der Waals surface area contributed by atoms with Crippen LogP contribution >= 0.6 is 0 Å². The molecule has 148 valence electrons. The van der Waals surface area contributed by atoms with Crippen molar-refractivity contribution in [3.63, 3.8) is 0 Å². The van der Waals surface area contributed by atoms with E-state index in [4.69, 9.17) is 9.57 Å². The number of anilines is 1. The van der Waals surface area contributed by atoms with Crippen molar-refractivity contribution in [3.05, 3.63) is 54.9 Å². The van der Waals surface area contributed by atoms with E-state index in [1.807, 2.05) is 42.5 Å². The molecule has 0 spiro atoms. The molecular weight excluding hydrogens is 354 g/mol. The zero-order valence-corrected chi connectivity index (χ0v) is 16.1. The Morgan fingerprint density at radius 3 is 2.25 bits per heavy atom. The first-order valence-corrected chi connectivity index (χ1v) is 10.1. The van der Waals surface area contributed by atoms with Crippen LogP contribution in [0.1, 0.15) is 32.1 Å². The summed E-state index contributed by atoms with van der Waals surface area (Å²) in [4.78, 5) is 25.3. The minimum atomic E-state index is -0.873. The second-order valence-corrected chi connectivity index (χ2v) is 7.47. The van der Waals surface area contributed by atoms with Crippen LogP contribution in [-0.4, -0.2) is 47.8 Å². The van der Waals surface area contributed by atoms with Crippen LogP contribution in [0.15, 0.2) is 54.9 Å². The summed E-state index contributed by atoms with van der Waals surface area (Å²) >= 11 is 0. The summed E-state index contributed by atoms with van der Waals surface area (Å²) in [6.07, 6.45) is 8.12. The van der Waals surface area contributed by atoms with Crippen LogP contribution in [0.3, 0.4) is 0 Å². The highest BCUT2D eigenvalue weighted by molar-refractivity contribution is 5.80. The van der Waals surface area contributed by atoms with Crippen molar-refractivity contribution in [2.24, 2.45) is 0 Å². The molecule has 0 bridgehead atoms. The second kappa shape index (κ2) is 8.61. The molecule has 28 heavy (non-hydrogen) atoms. The zero-order valence-electron chi connectivity index (χ0n) is 16.1. The Hall–Kier alpha value is -2.60. The number of carbonyl (C=O) groups excluding carboxylic acids is 1. The van der Waals surface area contributed by atoms with Gasteiger partial charge in [0.05, 0.1) is 13.1 Å². The van der Waals surface area contributed by atoms with Crippen LogP contribution in [0.2, 0.25) is 0 Å².